The van der Waals surface area contributed by atoms with E-state index < -0.39 is 0 Å². The van der Waals surface area contributed by atoms with Crippen molar-refractivity contribution in [2.24, 2.45) is 17.6 Å². The maximum absolute atomic E-state index is 12.8. The van der Waals surface area contributed by atoms with Crippen LogP contribution in [0.5, 0.6) is 11.5 Å². The van der Waals surface area contributed by atoms with E-state index in [2.05, 4.69) is 5.32 Å². The molecule has 0 aromatic heterocycles. The number of nitrogens with one attached hydrogen (secondary N) is 1. The molecule has 146 valence electrons. The fourth-order valence-corrected chi connectivity index (χ4v) is 4.66. The van der Waals surface area contributed by atoms with Crippen molar-refractivity contribution in [3.63, 3.8) is 0 Å². The standard InChI is InChI=1S/C19H27ClN2O3.ClH/c1-3-25-18-15(20)9-13(10-16(18)24-2)19(23)22-17-11-5-4-6-12(17)8-14(21)7-11;/h9-12,14,17H,3-8,21H2,1-2H3,(H,22,23);1H. The molecule has 0 saturated heterocycles. The highest BCUT2D eigenvalue weighted by Crippen LogP contribution is 2.40. The van der Waals surface area contributed by atoms with Crippen LogP contribution in [0.4, 0.5) is 0 Å². The molecule has 2 atom stereocenters. The molecule has 2 fully saturated rings. The van der Waals surface area contributed by atoms with Gasteiger partial charge in [-0.05, 0) is 56.6 Å². The first-order valence-corrected chi connectivity index (χ1v) is 9.48. The molecule has 0 radical (unpaired) electrons. The predicted molar refractivity (Wildman–Crippen MR) is 106 cm³/mol. The van der Waals surface area contributed by atoms with E-state index in [1.165, 1.54) is 6.42 Å². The Balaban J connectivity index is 0.00000243. The lowest BCUT2D eigenvalue weighted by Crippen LogP contribution is -2.53. The number of fused-ring (bicyclic) bond motifs is 2. The number of rotatable bonds is 5. The minimum atomic E-state index is -0.111. The normalized spacial score (nSPS) is 27.2. The van der Waals surface area contributed by atoms with E-state index >= 15 is 0 Å². The topological polar surface area (TPSA) is 73.6 Å². The van der Waals surface area contributed by atoms with E-state index in [0.717, 1.165) is 25.7 Å². The number of methoxy groups -OCH3 is 1. The molecule has 0 heterocycles. The summed E-state index contributed by atoms with van der Waals surface area (Å²) in [5.74, 6) is 1.80. The van der Waals surface area contributed by atoms with E-state index in [1.807, 2.05) is 6.92 Å². The number of amides is 1. The largest absolute Gasteiger partial charge is 0.493 e. The van der Waals surface area contributed by atoms with Crippen LogP contribution in [0.2, 0.25) is 5.02 Å². The van der Waals surface area contributed by atoms with Gasteiger partial charge in [-0.15, -0.1) is 12.4 Å². The van der Waals surface area contributed by atoms with E-state index in [9.17, 15) is 4.79 Å². The van der Waals surface area contributed by atoms with Crippen LogP contribution in [-0.4, -0.2) is 31.7 Å². The van der Waals surface area contributed by atoms with Crippen LogP contribution in [0.25, 0.3) is 0 Å². The lowest BCUT2D eigenvalue weighted by Gasteiger charge is -2.45. The van der Waals surface area contributed by atoms with Gasteiger partial charge in [0.15, 0.2) is 11.5 Å². The molecule has 2 bridgehead atoms. The van der Waals surface area contributed by atoms with Crippen LogP contribution >= 0.6 is 24.0 Å². The number of hydrogen-bond donors (Lipinski definition) is 2. The molecule has 2 saturated carbocycles. The van der Waals surface area contributed by atoms with E-state index in [0.29, 0.717) is 40.5 Å². The summed E-state index contributed by atoms with van der Waals surface area (Å²) in [5.41, 5.74) is 6.67. The molecular formula is C19H28Cl2N2O3. The van der Waals surface area contributed by atoms with Crippen molar-refractivity contribution in [1.29, 1.82) is 0 Å². The lowest BCUT2D eigenvalue weighted by molar-refractivity contribution is 0.0755. The Labute approximate surface area is 166 Å². The summed E-state index contributed by atoms with van der Waals surface area (Å²) < 4.78 is 10.9. The molecule has 3 rings (SSSR count). The van der Waals surface area contributed by atoms with Gasteiger partial charge in [0.25, 0.3) is 5.91 Å². The summed E-state index contributed by atoms with van der Waals surface area (Å²) in [7, 11) is 1.54. The van der Waals surface area contributed by atoms with Gasteiger partial charge in [0.2, 0.25) is 0 Å². The van der Waals surface area contributed by atoms with E-state index in [4.69, 9.17) is 26.8 Å². The Hall–Kier alpha value is -1.17. The molecule has 2 unspecified atom stereocenters. The van der Waals surface area contributed by atoms with E-state index in [-0.39, 0.29) is 30.4 Å². The number of benzene rings is 1. The van der Waals surface area contributed by atoms with Crippen molar-refractivity contribution < 1.29 is 14.3 Å². The Morgan fingerprint density at radius 1 is 1.31 bits per heavy atom. The van der Waals surface area contributed by atoms with Crippen molar-refractivity contribution in [3.8, 4) is 11.5 Å². The second-order valence-electron chi connectivity index (χ2n) is 7.10. The Bertz CT molecular complexity index is 627. The molecule has 0 aliphatic heterocycles. The fraction of sp³-hybridized carbons (Fsp3) is 0.632. The quantitative estimate of drug-likeness (QED) is 0.784. The molecule has 1 aromatic rings. The van der Waals surface area contributed by atoms with Crippen molar-refractivity contribution in [2.45, 2.75) is 51.1 Å². The highest BCUT2D eigenvalue weighted by Gasteiger charge is 2.40. The molecule has 7 heteroatoms. The lowest BCUT2D eigenvalue weighted by atomic mass is 9.67. The molecule has 1 amide bonds. The number of hydrogen-bond acceptors (Lipinski definition) is 4. The summed E-state index contributed by atoms with van der Waals surface area (Å²) in [4.78, 5) is 12.8. The minimum Gasteiger partial charge on any atom is -0.493 e. The van der Waals surface area contributed by atoms with Crippen molar-refractivity contribution in [3.05, 3.63) is 22.7 Å². The average Bonchev–Trinajstić information content (AvgIpc) is 2.57. The molecule has 2 aliphatic rings. The van der Waals surface area contributed by atoms with Crippen LogP contribution in [0, 0.1) is 11.8 Å². The SMILES string of the molecule is CCOc1c(Cl)cc(C(=O)NC2C3CCCC2CC(N)C3)cc1OC.Cl. The van der Waals surface area contributed by atoms with Crippen LogP contribution in [0.15, 0.2) is 12.1 Å². The summed E-state index contributed by atoms with van der Waals surface area (Å²) in [6.45, 7) is 2.36. The first kappa shape index (κ1) is 21.1. The van der Waals surface area contributed by atoms with Gasteiger partial charge in [-0.25, -0.2) is 0 Å². The number of halogens is 2. The van der Waals surface area contributed by atoms with Gasteiger partial charge in [0.1, 0.15) is 0 Å². The van der Waals surface area contributed by atoms with Gasteiger partial charge in [-0.1, -0.05) is 18.0 Å². The van der Waals surface area contributed by atoms with Crippen LogP contribution in [0.1, 0.15) is 49.4 Å². The zero-order chi connectivity index (χ0) is 18.0. The van der Waals surface area contributed by atoms with Crippen LogP contribution in [0.3, 0.4) is 0 Å². The predicted octanol–water partition coefficient (Wildman–Crippen LogP) is 3.80. The number of carbonyl (C=O) groups excluding carboxylic acids is 1. The second-order valence-corrected chi connectivity index (χ2v) is 7.51. The third-order valence-corrected chi connectivity index (χ3v) is 5.74. The summed E-state index contributed by atoms with van der Waals surface area (Å²) in [6, 6.07) is 3.81. The third-order valence-electron chi connectivity index (χ3n) is 5.45. The van der Waals surface area contributed by atoms with Gasteiger partial charge < -0.3 is 20.5 Å². The zero-order valence-electron chi connectivity index (χ0n) is 15.3. The molecule has 1 aromatic carbocycles. The molecule has 26 heavy (non-hydrogen) atoms. The Morgan fingerprint density at radius 3 is 2.54 bits per heavy atom. The summed E-state index contributed by atoms with van der Waals surface area (Å²) >= 11 is 6.29. The maximum atomic E-state index is 12.8. The van der Waals surface area contributed by atoms with Crippen molar-refractivity contribution >= 4 is 29.9 Å². The van der Waals surface area contributed by atoms with Gasteiger partial charge in [-0.2, -0.15) is 0 Å². The zero-order valence-corrected chi connectivity index (χ0v) is 16.9. The van der Waals surface area contributed by atoms with Crippen molar-refractivity contribution in [1.82, 2.24) is 5.32 Å². The monoisotopic (exact) mass is 402 g/mol. The highest BCUT2D eigenvalue weighted by atomic mass is 35.5. The second kappa shape index (κ2) is 9.16. The first-order valence-electron chi connectivity index (χ1n) is 9.10. The number of carbonyl (C=O) groups is 1. The fourth-order valence-electron chi connectivity index (χ4n) is 4.39. The smallest absolute Gasteiger partial charge is 0.251 e. The highest BCUT2D eigenvalue weighted by molar-refractivity contribution is 6.32. The molecule has 2 aliphatic carbocycles. The minimum absolute atomic E-state index is 0. The molecule has 0 spiro atoms. The van der Waals surface area contributed by atoms with Crippen molar-refractivity contribution in [2.75, 3.05) is 13.7 Å². The molecule has 3 N–H and O–H groups in total. The van der Waals surface area contributed by atoms with Gasteiger partial charge in [-0.3, -0.25) is 4.79 Å². The van der Waals surface area contributed by atoms with Crippen LogP contribution in [-0.2, 0) is 0 Å². The average molecular weight is 403 g/mol. The van der Waals surface area contributed by atoms with Gasteiger partial charge >= 0.3 is 0 Å². The number of ether oxygens (including phenoxy) is 2. The first-order chi connectivity index (χ1) is 12.0. The third kappa shape index (κ3) is 4.38. The molecule has 5 nitrogen and oxygen atoms in total. The Morgan fingerprint density at radius 2 is 1.96 bits per heavy atom. The van der Waals surface area contributed by atoms with Gasteiger partial charge in [0, 0.05) is 17.6 Å². The Kier molecular flexibility index (Phi) is 7.44. The molecular weight excluding hydrogens is 375 g/mol. The van der Waals surface area contributed by atoms with Crippen LogP contribution < -0.4 is 20.5 Å². The summed E-state index contributed by atoms with van der Waals surface area (Å²) in [6.07, 6.45) is 5.51. The van der Waals surface area contributed by atoms with E-state index in [1.54, 1.807) is 19.2 Å². The van der Waals surface area contributed by atoms with Gasteiger partial charge in [0.05, 0.1) is 18.7 Å². The maximum Gasteiger partial charge on any atom is 0.251 e. The number of nitrogens with two attached hydrogens (primary N) is 1. The summed E-state index contributed by atoms with van der Waals surface area (Å²) in [5, 5.41) is 3.62.